The molecule has 3 aromatic heterocycles. The van der Waals surface area contributed by atoms with Gasteiger partial charge in [0.05, 0.1) is 17.6 Å². The topological polar surface area (TPSA) is 47.2 Å². The first-order chi connectivity index (χ1) is 14.0. The molecule has 3 heterocycles. The lowest BCUT2D eigenvalue weighted by atomic mass is 10.0. The van der Waals surface area contributed by atoms with Gasteiger partial charge in [0.1, 0.15) is 5.69 Å². The number of hydrogen-bond acceptors (Lipinski definition) is 3. The summed E-state index contributed by atoms with van der Waals surface area (Å²) in [5.74, 6) is 1.43. The van der Waals surface area contributed by atoms with Crippen molar-refractivity contribution in [1.29, 1.82) is 0 Å². The lowest BCUT2D eigenvalue weighted by molar-refractivity contribution is -0.497. The molecule has 0 amide bonds. The van der Waals surface area contributed by atoms with Gasteiger partial charge in [0.15, 0.2) is 0 Å². The van der Waals surface area contributed by atoms with E-state index in [9.17, 15) is 0 Å². The zero-order chi connectivity index (χ0) is 20.1. The largest absolute Gasteiger partial charge is 0.389 e. The number of rotatable bonds is 2. The van der Waals surface area contributed by atoms with E-state index >= 15 is 0 Å². The molecule has 142 valence electrons. The lowest BCUT2D eigenvalue weighted by Crippen LogP contribution is -2.29. The zero-order valence-corrected chi connectivity index (χ0v) is 17.0. The third kappa shape index (κ3) is 2.78. The summed E-state index contributed by atoms with van der Waals surface area (Å²) in [6, 6.07) is 18.8. The molecule has 0 fully saturated rings. The van der Waals surface area contributed by atoms with Gasteiger partial charge in [-0.15, -0.1) is 14.5 Å². The van der Waals surface area contributed by atoms with Crippen LogP contribution in [0.4, 0.5) is 0 Å². The minimum absolute atomic E-state index is 0.665. The van der Waals surface area contributed by atoms with E-state index in [1.807, 2.05) is 34.0 Å². The second-order valence-corrected chi connectivity index (χ2v) is 7.52. The first kappa shape index (κ1) is 17.5. The quantitative estimate of drug-likeness (QED) is 0.426. The predicted molar refractivity (Wildman–Crippen MR) is 114 cm³/mol. The maximum atomic E-state index is 5.09. The van der Waals surface area contributed by atoms with E-state index in [0.29, 0.717) is 5.78 Å². The summed E-state index contributed by atoms with van der Waals surface area (Å²) in [7, 11) is 0. The van der Waals surface area contributed by atoms with E-state index in [2.05, 4.69) is 68.4 Å². The number of hydrogen-bond donors (Lipinski definition) is 0. The number of aryl methyl sites for hydroxylation is 3. The van der Waals surface area contributed by atoms with E-state index in [0.717, 1.165) is 45.1 Å². The van der Waals surface area contributed by atoms with E-state index < -0.39 is 0 Å². The van der Waals surface area contributed by atoms with Crippen molar-refractivity contribution in [3.8, 4) is 22.4 Å². The molecule has 0 atom stereocenters. The van der Waals surface area contributed by atoms with Crippen LogP contribution in [0.5, 0.6) is 0 Å². The van der Waals surface area contributed by atoms with Gasteiger partial charge in [-0.25, -0.2) is 0 Å². The predicted octanol–water partition coefficient (Wildman–Crippen LogP) is 4.43. The molecule has 0 unspecified atom stereocenters. The van der Waals surface area contributed by atoms with E-state index in [1.54, 1.807) is 0 Å². The molecule has 0 N–H and O–H groups in total. The highest BCUT2D eigenvalue weighted by atomic mass is 15.4. The molecule has 0 saturated carbocycles. The van der Waals surface area contributed by atoms with Gasteiger partial charge in [-0.05, 0) is 33.3 Å². The number of fused-ring (bicyclic) bond motifs is 3. The van der Waals surface area contributed by atoms with Crippen LogP contribution in [0.1, 0.15) is 22.5 Å². The Labute approximate surface area is 169 Å². The molecule has 0 spiro atoms. The minimum Gasteiger partial charge on any atom is -0.178 e. The first-order valence-corrected chi connectivity index (χ1v) is 9.74. The highest BCUT2D eigenvalue weighted by Gasteiger charge is 2.23. The summed E-state index contributed by atoms with van der Waals surface area (Å²) < 4.78 is 3.88. The van der Waals surface area contributed by atoms with Crippen molar-refractivity contribution < 1.29 is 4.40 Å². The molecule has 5 nitrogen and oxygen atoms in total. The van der Waals surface area contributed by atoms with Gasteiger partial charge in [0.25, 0.3) is 0 Å². The normalized spacial score (nSPS) is 11.4. The summed E-state index contributed by atoms with van der Waals surface area (Å²) in [5, 5.41) is 4.72. The summed E-state index contributed by atoms with van der Waals surface area (Å²) in [6.07, 6.45) is 2.06. The fraction of sp³-hybridized carbons (Fsp3) is 0.167. The Morgan fingerprint density at radius 2 is 1.52 bits per heavy atom. The third-order valence-electron chi connectivity index (χ3n) is 5.62. The van der Waals surface area contributed by atoms with Crippen LogP contribution in [0.2, 0.25) is 0 Å². The fourth-order valence-electron chi connectivity index (χ4n) is 3.71. The van der Waals surface area contributed by atoms with Crippen molar-refractivity contribution in [2.45, 2.75) is 27.7 Å². The van der Waals surface area contributed by atoms with E-state index in [1.165, 1.54) is 5.56 Å². The van der Waals surface area contributed by atoms with Crippen LogP contribution in [-0.2, 0) is 0 Å². The molecule has 5 rings (SSSR count). The average molecular weight is 380 g/mol. The molecule has 29 heavy (non-hydrogen) atoms. The van der Waals surface area contributed by atoms with Crippen LogP contribution in [0, 0.1) is 27.7 Å². The number of aromatic nitrogens is 5. The summed E-state index contributed by atoms with van der Waals surface area (Å²) in [4.78, 5) is 9.78. The summed E-state index contributed by atoms with van der Waals surface area (Å²) >= 11 is 0. The molecular weight excluding hydrogens is 358 g/mol. The summed E-state index contributed by atoms with van der Waals surface area (Å²) in [6.45, 7) is 8.30. The summed E-state index contributed by atoms with van der Waals surface area (Å²) in [5.41, 5.74) is 8.66. The van der Waals surface area contributed by atoms with Crippen molar-refractivity contribution in [2.24, 2.45) is 0 Å². The third-order valence-corrected chi connectivity index (χ3v) is 5.62. The SMILES string of the molecule is Cc1ccc(-c2nc3n(cc2-c2ccccc2)nc2nc(C)c(C)c(C)[n+]23)cc1. The molecule has 0 aliphatic carbocycles. The Kier molecular flexibility index (Phi) is 3.91. The van der Waals surface area contributed by atoms with Crippen LogP contribution >= 0.6 is 0 Å². The molecule has 0 radical (unpaired) electrons. The van der Waals surface area contributed by atoms with Crippen molar-refractivity contribution in [3.05, 3.63) is 83.3 Å². The maximum absolute atomic E-state index is 5.09. The molecular formula is C24H22N5+. The van der Waals surface area contributed by atoms with Crippen LogP contribution in [0.3, 0.4) is 0 Å². The standard InChI is InChI=1S/C24H22N5/c1-15-10-12-20(13-11-15)22-21(19-8-6-5-7-9-19)14-28-24(26-22)29-18(4)16(2)17(3)25-23(29)27-28/h5-14H,1-4H3/q+1. The van der Waals surface area contributed by atoms with Crippen LogP contribution in [0.15, 0.2) is 60.8 Å². The van der Waals surface area contributed by atoms with Crippen molar-refractivity contribution in [1.82, 2.24) is 19.6 Å². The van der Waals surface area contributed by atoms with Gasteiger partial charge in [-0.3, -0.25) is 0 Å². The van der Waals surface area contributed by atoms with Gasteiger partial charge in [-0.2, -0.15) is 4.40 Å². The second kappa shape index (κ2) is 6.48. The van der Waals surface area contributed by atoms with Crippen molar-refractivity contribution >= 4 is 11.6 Å². The Morgan fingerprint density at radius 1 is 0.793 bits per heavy atom. The van der Waals surface area contributed by atoms with Gasteiger partial charge in [0, 0.05) is 21.8 Å². The molecule has 0 aliphatic rings. The highest BCUT2D eigenvalue weighted by molar-refractivity contribution is 5.81. The van der Waals surface area contributed by atoms with Crippen LogP contribution in [-0.4, -0.2) is 19.6 Å². The van der Waals surface area contributed by atoms with Gasteiger partial charge >= 0.3 is 11.6 Å². The maximum Gasteiger partial charge on any atom is 0.389 e. The molecule has 0 bridgehead atoms. The second-order valence-electron chi connectivity index (χ2n) is 7.52. The number of nitrogens with zero attached hydrogens (tertiary/aromatic N) is 5. The molecule has 5 aromatic rings. The fourth-order valence-corrected chi connectivity index (χ4v) is 3.71. The van der Waals surface area contributed by atoms with Crippen LogP contribution < -0.4 is 4.40 Å². The highest BCUT2D eigenvalue weighted by Crippen LogP contribution is 2.30. The zero-order valence-electron chi connectivity index (χ0n) is 17.0. The molecule has 5 heteroatoms. The lowest BCUT2D eigenvalue weighted by Gasteiger charge is -2.08. The van der Waals surface area contributed by atoms with E-state index in [4.69, 9.17) is 10.1 Å². The Hall–Kier alpha value is -3.60. The number of benzene rings is 2. The van der Waals surface area contributed by atoms with Gasteiger partial charge in [-0.1, -0.05) is 60.2 Å². The average Bonchev–Trinajstić information content (AvgIpc) is 3.09. The molecule has 0 saturated heterocycles. The Bertz CT molecular complexity index is 1370. The minimum atomic E-state index is 0.665. The van der Waals surface area contributed by atoms with Gasteiger partial charge in [0.2, 0.25) is 0 Å². The first-order valence-electron chi connectivity index (χ1n) is 9.74. The smallest absolute Gasteiger partial charge is 0.178 e. The monoisotopic (exact) mass is 380 g/mol. The van der Waals surface area contributed by atoms with Gasteiger partial charge < -0.3 is 0 Å². The van der Waals surface area contributed by atoms with Crippen LogP contribution in [0.25, 0.3) is 33.9 Å². The Balaban J connectivity index is 1.90. The Morgan fingerprint density at radius 3 is 2.24 bits per heavy atom. The molecule has 2 aromatic carbocycles. The van der Waals surface area contributed by atoms with E-state index in [-0.39, 0.29) is 0 Å². The van der Waals surface area contributed by atoms with Crippen molar-refractivity contribution in [2.75, 3.05) is 0 Å². The van der Waals surface area contributed by atoms with Crippen molar-refractivity contribution in [3.63, 3.8) is 0 Å². The molecule has 0 aliphatic heterocycles.